The first-order valence-electron chi connectivity index (χ1n) is 6.86. The van der Waals surface area contributed by atoms with Crippen molar-refractivity contribution in [2.75, 3.05) is 38.3 Å². The van der Waals surface area contributed by atoms with Gasteiger partial charge in [-0.15, -0.1) is 0 Å². The van der Waals surface area contributed by atoms with E-state index in [9.17, 15) is 5.11 Å². The molecule has 3 rings (SSSR count). The summed E-state index contributed by atoms with van der Waals surface area (Å²) in [5.41, 5.74) is 0. The topological polar surface area (TPSA) is 57.6 Å². The molecule has 2 heterocycles. The Morgan fingerprint density at radius 1 is 1.45 bits per heavy atom. The van der Waals surface area contributed by atoms with Crippen molar-refractivity contribution < 1.29 is 9.84 Å². The summed E-state index contributed by atoms with van der Waals surface area (Å²) in [5, 5.41) is 15.0. The summed E-state index contributed by atoms with van der Waals surface area (Å²) in [6, 6.07) is 7.63. The number of likely N-dealkylation sites (N-methyl/N-ethyl adjacent to an activating group) is 1. The van der Waals surface area contributed by atoms with Gasteiger partial charge in [-0.1, -0.05) is 6.07 Å². The molecule has 1 aromatic carbocycles. The fraction of sp³-hybridized carbons (Fsp3) is 0.400. The predicted octanol–water partition coefficient (Wildman–Crippen LogP) is 1.36. The van der Waals surface area contributed by atoms with Crippen LogP contribution in [-0.2, 0) is 4.74 Å². The van der Waals surface area contributed by atoms with Gasteiger partial charge in [0.05, 0.1) is 19.3 Å². The van der Waals surface area contributed by atoms with E-state index in [1.54, 1.807) is 12.1 Å². The quantitative estimate of drug-likeness (QED) is 0.884. The van der Waals surface area contributed by atoms with Crippen molar-refractivity contribution in [1.82, 2.24) is 10.3 Å². The van der Waals surface area contributed by atoms with Gasteiger partial charge in [-0.3, -0.25) is 0 Å². The number of aromatic hydroxyl groups is 1. The number of phenolic OH excluding ortho intramolecular Hbond substituents is 1. The van der Waals surface area contributed by atoms with Crippen LogP contribution in [0.3, 0.4) is 0 Å². The highest BCUT2D eigenvalue weighted by molar-refractivity contribution is 5.93. The number of fused-ring (bicyclic) bond motifs is 1. The highest BCUT2D eigenvalue weighted by Crippen LogP contribution is 2.29. The Morgan fingerprint density at radius 2 is 2.35 bits per heavy atom. The van der Waals surface area contributed by atoms with E-state index in [2.05, 4.69) is 15.2 Å². The summed E-state index contributed by atoms with van der Waals surface area (Å²) < 4.78 is 5.56. The van der Waals surface area contributed by atoms with Crippen molar-refractivity contribution in [3.05, 3.63) is 30.5 Å². The number of hydrogen-bond acceptors (Lipinski definition) is 5. The number of nitrogens with one attached hydrogen (secondary N) is 1. The van der Waals surface area contributed by atoms with Gasteiger partial charge in [0.2, 0.25) is 0 Å². The molecule has 0 saturated carbocycles. The second-order valence-corrected chi connectivity index (χ2v) is 5.02. The van der Waals surface area contributed by atoms with Gasteiger partial charge in [0.1, 0.15) is 11.6 Å². The van der Waals surface area contributed by atoms with E-state index >= 15 is 0 Å². The molecule has 1 aliphatic heterocycles. The van der Waals surface area contributed by atoms with E-state index in [4.69, 9.17) is 4.74 Å². The molecule has 2 aromatic rings. The Morgan fingerprint density at radius 3 is 3.20 bits per heavy atom. The number of hydrogen-bond donors (Lipinski definition) is 2. The zero-order valence-electron chi connectivity index (χ0n) is 11.5. The van der Waals surface area contributed by atoms with Crippen LogP contribution in [0.1, 0.15) is 0 Å². The molecule has 0 radical (unpaired) electrons. The van der Waals surface area contributed by atoms with E-state index < -0.39 is 0 Å². The second kappa shape index (κ2) is 5.64. The first-order chi connectivity index (χ1) is 9.79. The van der Waals surface area contributed by atoms with E-state index in [-0.39, 0.29) is 11.8 Å². The standard InChI is InChI=1S/C15H19N3O2/c1-16-9-12-10-20-7-6-18(12)15-14-8-13(19)3-2-11(14)4-5-17-15/h2-5,8,12,16,19H,6-7,9-10H2,1H3. The van der Waals surface area contributed by atoms with Crippen molar-refractivity contribution in [2.24, 2.45) is 0 Å². The van der Waals surface area contributed by atoms with Crippen LogP contribution in [0.4, 0.5) is 5.82 Å². The molecule has 106 valence electrons. The van der Waals surface area contributed by atoms with E-state index in [0.29, 0.717) is 13.2 Å². The molecule has 1 saturated heterocycles. The summed E-state index contributed by atoms with van der Waals surface area (Å²) >= 11 is 0. The summed E-state index contributed by atoms with van der Waals surface area (Å²) in [7, 11) is 1.94. The number of aromatic nitrogens is 1. The minimum atomic E-state index is 0.259. The molecule has 0 aliphatic carbocycles. The van der Waals surface area contributed by atoms with Crippen LogP contribution >= 0.6 is 0 Å². The van der Waals surface area contributed by atoms with Crippen molar-refractivity contribution in [1.29, 1.82) is 0 Å². The van der Waals surface area contributed by atoms with Crippen molar-refractivity contribution in [3.8, 4) is 5.75 Å². The summed E-state index contributed by atoms with van der Waals surface area (Å²) in [6.45, 7) is 3.06. The summed E-state index contributed by atoms with van der Waals surface area (Å²) in [5.74, 6) is 1.19. The lowest BCUT2D eigenvalue weighted by Gasteiger charge is -2.37. The highest BCUT2D eigenvalue weighted by atomic mass is 16.5. The van der Waals surface area contributed by atoms with Crippen LogP contribution in [0.5, 0.6) is 5.75 Å². The first-order valence-corrected chi connectivity index (χ1v) is 6.86. The molecular weight excluding hydrogens is 254 g/mol. The van der Waals surface area contributed by atoms with Gasteiger partial charge >= 0.3 is 0 Å². The van der Waals surface area contributed by atoms with E-state index in [1.165, 1.54) is 0 Å². The summed E-state index contributed by atoms with van der Waals surface area (Å²) in [4.78, 5) is 6.80. The molecule has 1 fully saturated rings. The largest absolute Gasteiger partial charge is 0.508 e. The lowest BCUT2D eigenvalue weighted by Crippen LogP contribution is -2.50. The van der Waals surface area contributed by atoms with Crippen molar-refractivity contribution in [3.63, 3.8) is 0 Å². The number of rotatable bonds is 3. The number of morpholine rings is 1. The van der Waals surface area contributed by atoms with E-state index in [0.717, 1.165) is 29.7 Å². The van der Waals surface area contributed by atoms with Crippen LogP contribution in [0.15, 0.2) is 30.5 Å². The molecule has 1 atom stereocenters. The van der Waals surface area contributed by atoms with Crippen molar-refractivity contribution in [2.45, 2.75) is 6.04 Å². The van der Waals surface area contributed by atoms with Crippen LogP contribution in [0, 0.1) is 0 Å². The first kappa shape index (κ1) is 13.1. The molecule has 1 unspecified atom stereocenters. The Kier molecular flexibility index (Phi) is 3.71. The maximum atomic E-state index is 9.74. The predicted molar refractivity (Wildman–Crippen MR) is 79.3 cm³/mol. The fourth-order valence-electron chi connectivity index (χ4n) is 2.71. The molecule has 20 heavy (non-hydrogen) atoms. The third-order valence-corrected chi connectivity index (χ3v) is 3.67. The smallest absolute Gasteiger partial charge is 0.136 e. The number of benzene rings is 1. The Bertz CT molecular complexity index is 601. The zero-order valence-corrected chi connectivity index (χ0v) is 11.5. The SMILES string of the molecule is CNCC1COCCN1c1nccc2ccc(O)cc12. The fourth-order valence-corrected chi connectivity index (χ4v) is 2.71. The normalized spacial score (nSPS) is 19.4. The van der Waals surface area contributed by atoms with E-state index in [1.807, 2.05) is 25.4 Å². The van der Waals surface area contributed by atoms with Crippen LogP contribution in [0.2, 0.25) is 0 Å². The monoisotopic (exact) mass is 273 g/mol. The van der Waals surface area contributed by atoms with Gasteiger partial charge in [-0.2, -0.15) is 0 Å². The Hall–Kier alpha value is -1.85. The lowest BCUT2D eigenvalue weighted by atomic mass is 10.1. The van der Waals surface area contributed by atoms with Crippen molar-refractivity contribution >= 4 is 16.6 Å². The Balaban J connectivity index is 2.05. The number of nitrogens with zero attached hydrogens (tertiary/aromatic N) is 2. The second-order valence-electron chi connectivity index (χ2n) is 5.02. The Labute approximate surface area is 118 Å². The zero-order chi connectivity index (χ0) is 13.9. The van der Waals surface area contributed by atoms with Crippen LogP contribution in [0.25, 0.3) is 10.8 Å². The molecule has 0 spiro atoms. The molecule has 1 aromatic heterocycles. The summed E-state index contributed by atoms with van der Waals surface area (Å²) in [6.07, 6.45) is 1.82. The van der Waals surface area contributed by atoms with Gasteiger partial charge < -0.3 is 20.1 Å². The van der Waals surface area contributed by atoms with Gasteiger partial charge in [-0.05, 0) is 30.6 Å². The minimum Gasteiger partial charge on any atom is -0.508 e. The molecule has 0 amide bonds. The average Bonchev–Trinajstić information content (AvgIpc) is 2.48. The van der Waals surface area contributed by atoms with Crippen LogP contribution < -0.4 is 10.2 Å². The number of phenols is 1. The van der Waals surface area contributed by atoms with Gasteiger partial charge in [-0.25, -0.2) is 4.98 Å². The van der Waals surface area contributed by atoms with Crippen LogP contribution in [-0.4, -0.2) is 49.5 Å². The number of pyridine rings is 1. The highest BCUT2D eigenvalue weighted by Gasteiger charge is 2.24. The van der Waals surface area contributed by atoms with Gasteiger partial charge in [0, 0.05) is 24.7 Å². The number of anilines is 1. The third-order valence-electron chi connectivity index (χ3n) is 3.67. The maximum absolute atomic E-state index is 9.74. The maximum Gasteiger partial charge on any atom is 0.136 e. The molecule has 5 nitrogen and oxygen atoms in total. The number of ether oxygens (including phenoxy) is 1. The average molecular weight is 273 g/mol. The molecule has 1 aliphatic rings. The molecular formula is C15H19N3O2. The molecule has 0 bridgehead atoms. The minimum absolute atomic E-state index is 0.259. The third kappa shape index (κ3) is 2.42. The molecule has 5 heteroatoms. The van der Waals surface area contributed by atoms with Gasteiger partial charge in [0.25, 0.3) is 0 Å². The lowest BCUT2D eigenvalue weighted by molar-refractivity contribution is 0.0941. The van der Waals surface area contributed by atoms with Gasteiger partial charge in [0.15, 0.2) is 0 Å². The molecule has 2 N–H and O–H groups in total.